The van der Waals surface area contributed by atoms with Gasteiger partial charge in [-0.2, -0.15) is 0 Å². The molecule has 0 spiro atoms. The standard InChI is InChI=1S/C17H20BrN/c1-2-12-19-17(13-14-8-4-3-5-9-14)15-10-6-7-11-16(15)18/h3-11,17,19H,2,12-13H2,1H3. The quantitative estimate of drug-likeness (QED) is 0.812. The predicted molar refractivity (Wildman–Crippen MR) is 85.3 cm³/mol. The van der Waals surface area contributed by atoms with E-state index in [1.165, 1.54) is 15.6 Å². The predicted octanol–water partition coefficient (Wildman–Crippen LogP) is 4.73. The normalized spacial score (nSPS) is 12.3. The van der Waals surface area contributed by atoms with Crippen LogP contribution in [0.4, 0.5) is 0 Å². The second kappa shape index (κ2) is 7.46. The van der Waals surface area contributed by atoms with Gasteiger partial charge >= 0.3 is 0 Å². The van der Waals surface area contributed by atoms with Gasteiger partial charge in [-0.05, 0) is 36.6 Å². The average Bonchev–Trinajstić information content (AvgIpc) is 2.45. The summed E-state index contributed by atoms with van der Waals surface area (Å²) in [7, 11) is 0. The van der Waals surface area contributed by atoms with E-state index in [9.17, 15) is 0 Å². The second-order valence-electron chi connectivity index (χ2n) is 4.72. The number of hydrogen-bond acceptors (Lipinski definition) is 1. The van der Waals surface area contributed by atoms with Crippen molar-refractivity contribution in [1.82, 2.24) is 5.32 Å². The van der Waals surface area contributed by atoms with Gasteiger partial charge in [0.15, 0.2) is 0 Å². The molecule has 0 fully saturated rings. The second-order valence-corrected chi connectivity index (χ2v) is 5.57. The van der Waals surface area contributed by atoms with Gasteiger partial charge in [-0.3, -0.25) is 0 Å². The summed E-state index contributed by atoms with van der Waals surface area (Å²) in [5.74, 6) is 0. The van der Waals surface area contributed by atoms with Crippen LogP contribution >= 0.6 is 15.9 Å². The van der Waals surface area contributed by atoms with Crippen LogP contribution in [-0.2, 0) is 6.42 Å². The van der Waals surface area contributed by atoms with Gasteiger partial charge < -0.3 is 5.32 Å². The van der Waals surface area contributed by atoms with Crippen molar-refractivity contribution < 1.29 is 0 Å². The number of rotatable bonds is 6. The lowest BCUT2D eigenvalue weighted by molar-refractivity contribution is 0.527. The molecule has 0 saturated carbocycles. The van der Waals surface area contributed by atoms with Crippen LogP contribution in [0.1, 0.15) is 30.5 Å². The first-order chi connectivity index (χ1) is 9.31. The van der Waals surface area contributed by atoms with E-state index in [0.717, 1.165) is 19.4 Å². The smallest absolute Gasteiger partial charge is 0.0372 e. The summed E-state index contributed by atoms with van der Waals surface area (Å²) < 4.78 is 1.18. The summed E-state index contributed by atoms with van der Waals surface area (Å²) in [6.07, 6.45) is 2.17. The summed E-state index contributed by atoms with van der Waals surface area (Å²) in [4.78, 5) is 0. The maximum Gasteiger partial charge on any atom is 0.0372 e. The Morgan fingerprint density at radius 2 is 1.68 bits per heavy atom. The molecule has 0 aliphatic carbocycles. The van der Waals surface area contributed by atoms with Gasteiger partial charge in [0.2, 0.25) is 0 Å². The lowest BCUT2D eigenvalue weighted by atomic mass is 9.99. The van der Waals surface area contributed by atoms with Crippen molar-refractivity contribution in [2.45, 2.75) is 25.8 Å². The van der Waals surface area contributed by atoms with E-state index in [2.05, 4.69) is 82.8 Å². The van der Waals surface area contributed by atoms with Crippen molar-refractivity contribution in [2.24, 2.45) is 0 Å². The molecule has 2 aromatic rings. The highest BCUT2D eigenvalue weighted by molar-refractivity contribution is 9.10. The third-order valence-corrected chi connectivity index (χ3v) is 3.93. The van der Waals surface area contributed by atoms with Crippen molar-refractivity contribution >= 4 is 15.9 Å². The maximum atomic E-state index is 3.66. The first-order valence-corrected chi connectivity index (χ1v) is 7.62. The zero-order chi connectivity index (χ0) is 13.5. The highest BCUT2D eigenvalue weighted by atomic mass is 79.9. The van der Waals surface area contributed by atoms with E-state index >= 15 is 0 Å². The van der Waals surface area contributed by atoms with Crippen LogP contribution in [-0.4, -0.2) is 6.54 Å². The van der Waals surface area contributed by atoms with Crippen LogP contribution < -0.4 is 5.32 Å². The highest BCUT2D eigenvalue weighted by Gasteiger charge is 2.13. The Bertz CT molecular complexity index is 496. The van der Waals surface area contributed by atoms with Crippen molar-refractivity contribution in [2.75, 3.05) is 6.54 Å². The van der Waals surface area contributed by atoms with Crippen molar-refractivity contribution in [3.05, 3.63) is 70.2 Å². The Labute approximate surface area is 124 Å². The summed E-state index contributed by atoms with van der Waals surface area (Å²) in [5, 5.41) is 3.65. The van der Waals surface area contributed by atoms with Crippen molar-refractivity contribution in [3.8, 4) is 0 Å². The molecule has 2 aromatic carbocycles. The van der Waals surface area contributed by atoms with Gasteiger partial charge in [-0.1, -0.05) is 71.4 Å². The Morgan fingerprint density at radius 1 is 1.00 bits per heavy atom. The number of halogens is 1. The molecule has 0 aromatic heterocycles. The topological polar surface area (TPSA) is 12.0 Å². The molecule has 0 heterocycles. The SMILES string of the molecule is CCCNC(Cc1ccccc1)c1ccccc1Br. The Balaban J connectivity index is 2.19. The first kappa shape index (κ1) is 14.3. The zero-order valence-corrected chi connectivity index (χ0v) is 12.9. The molecule has 2 heteroatoms. The molecule has 1 N–H and O–H groups in total. The number of hydrogen-bond donors (Lipinski definition) is 1. The van der Waals surface area contributed by atoms with E-state index in [0.29, 0.717) is 6.04 Å². The molecule has 100 valence electrons. The third-order valence-electron chi connectivity index (χ3n) is 3.20. The number of benzene rings is 2. The van der Waals surface area contributed by atoms with Crippen LogP contribution in [0.25, 0.3) is 0 Å². The van der Waals surface area contributed by atoms with Gasteiger partial charge in [-0.15, -0.1) is 0 Å². The molecule has 1 nitrogen and oxygen atoms in total. The molecular weight excluding hydrogens is 298 g/mol. The summed E-state index contributed by atoms with van der Waals surface area (Å²) >= 11 is 3.66. The van der Waals surface area contributed by atoms with Gasteiger partial charge in [0, 0.05) is 10.5 Å². The van der Waals surface area contributed by atoms with Crippen LogP contribution in [0, 0.1) is 0 Å². The Morgan fingerprint density at radius 3 is 2.37 bits per heavy atom. The lowest BCUT2D eigenvalue weighted by Crippen LogP contribution is -2.24. The molecule has 0 radical (unpaired) electrons. The van der Waals surface area contributed by atoms with Crippen molar-refractivity contribution in [3.63, 3.8) is 0 Å². The molecule has 0 aliphatic rings. The maximum absolute atomic E-state index is 3.66. The molecule has 0 bridgehead atoms. The first-order valence-electron chi connectivity index (χ1n) is 6.83. The van der Waals surface area contributed by atoms with E-state index in [-0.39, 0.29) is 0 Å². The summed E-state index contributed by atoms with van der Waals surface area (Å²) in [6.45, 7) is 3.24. The molecule has 1 atom stereocenters. The van der Waals surface area contributed by atoms with Crippen LogP contribution in [0.15, 0.2) is 59.1 Å². The Hall–Kier alpha value is -1.12. The van der Waals surface area contributed by atoms with Crippen LogP contribution in [0.5, 0.6) is 0 Å². The largest absolute Gasteiger partial charge is 0.310 e. The minimum absolute atomic E-state index is 0.359. The molecule has 2 rings (SSSR count). The highest BCUT2D eigenvalue weighted by Crippen LogP contribution is 2.26. The third kappa shape index (κ3) is 4.19. The monoisotopic (exact) mass is 317 g/mol. The fourth-order valence-electron chi connectivity index (χ4n) is 2.22. The Kier molecular flexibility index (Phi) is 5.62. The summed E-state index contributed by atoms with van der Waals surface area (Å²) in [6, 6.07) is 19.5. The van der Waals surface area contributed by atoms with E-state index in [4.69, 9.17) is 0 Å². The van der Waals surface area contributed by atoms with E-state index in [1.807, 2.05) is 0 Å². The van der Waals surface area contributed by atoms with E-state index < -0.39 is 0 Å². The molecule has 0 saturated heterocycles. The van der Waals surface area contributed by atoms with Gasteiger partial charge in [-0.25, -0.2) is 0 Å². The molecular formula is C17H20BrN. The van der Waals surface area contributed by atoms with Gasteiger partial charge in [0.25, 0.3) is 0 Å². The van der Waals surface area contributed by atoms with Crippen LogP contribution in [0.2, 0.25) is 0 Å². The minimum Gasteiger partial charge on any atom is -0.310 e. The van der Waals surface area contributed by atoms with Crippen LogP contribution in [0.3, 0.4) is 0 Å². The molecule has 19 heavy (non-hydrogen) atoms. The van der Waals surface area contributed by atoms with Gasteiger partial charge in [0.05, 0.1) is 0 Å². The summed E-state index contributed by atoms with van der Waals surface area (Å²) in [5.41, 5.74) is 2.70. The minimum atomic E-state index is 0.359. The van der Waals surface area contributed by atoms with E-state index in [1.54, 1.807) is 0 Å². The zero-order valence-electron chi connectivity index (χ0n) is 11.3. The molecule has 0 aliphatic heterocycles. The molecule has 0 amide bonds. The average molecular weight is 318 g/mol. The van der Waals surface area contributed by atoms with Gasteiger partial charge in [0.1, 0.15) is 0 Å². The molecule has 1 unspecified atom stereocenters. The van der Waals surface area contributed by atoms with Crippen molar-refractivity contribution in [1.29, 1.82) is 0 Å². The fraction of sp³-hybridized carbons (Fsp3) is 0.294. The number of nitrogens with one attached hydrogen (secondary N) is 1. The lowest BCUT2D eigenvalue weighted by Gasteiger charge is -2.20. The fourth-order valence-corrected chi connectivity index (χ4v) is 2.78.